The SMILES string of the molecule is CCN(CC(C)C#N)S(=O)(=O)c1ccc(Br)cc1Cl. The molecule has 0 bridgehead atoms. The lowest BCUT2D eigenvalue weighted by molar-refractivity contribution is 0.400. The van der Waals surface area contributed by atoms with Crippen LogP contribution in [0, 0.1) is 17.2 Å². The Morgan fingerprint density at radius 1 is 1.53 bits per heavy atom. The van der Waals surface area contributed by atoms with Crippen molar-refractivity contribution in [3.8, 4) is 6.07 Å². The van der Waals surface area contributed by atoms with Gasteiger partial charge in [-0.25, -0.2) is 8.42 Å². The smallest absolute Gasteiger partial charge is 0.207 e. The second-order valence-electron chi connectivity index (χ2n) is 4.06. The van der Waals surface area contributed by atoms with Gasteiger partial charge in [-0.3, -0.25) is 0 Å². The highest BCUT2D eigenvalue weighted by Crippen LogP contribution is 2.28. The van der Waals surface area contributed by atoms with Crippen molar-refractivity contribution in [1.29, 1.82) is 5.26 Å². The predicted molar refractivity (Wildman–Crippen MR) is 78.4 cm³/mol. The van der Waals surface area contributed by atoms with Gasteiger partial charge in [0.15, 0.2) is 0 Å². The lowest BCUT2D eigenvalue weighted by Crippen LogP contribution is -2.34. The van der Waals surface area contributed by atoms with Gasteiger partial charge in [-0.1, -0.05) is 34.5 Å². The summed E-state index contributed by atoms with van der Waals surface area (Å²) in [6.07, 6.45) is 0. The zero-order valence-corrected chi connectivity index (χ0v) is 13.8. The van der Waals surface area contributed by atoms with Crippen LogP contribution in [0.25, 0.3) is 0 Å². The van der Waals surface area contributed by atoms with E-state index in [4.69, 9.17) is 16.9 Å². The summed E-state index contributed by atoms with van der Waals surface area (Å²) in [6.45, 7) is 3.86. The van der Waals surface area contributed by atoms with Gasteiger partial charge < -0.3 is 0 Å². The molecule has 1 unspecified atom stereocenters. The molecule has 0 aliphatic rings. The first-order valence-corrected chi connectivity index (χ1v) is 8.28. The number of rotatable bonds is 5. The molecule has 1 aromatic rings. The molecule has 0 aliphatic heterocycles. The van der Waals surface area contributed by atoms with Crippen molar-refractivity contribution in [1.82, 2.24) is 4.31 Å². The molecule has 0 heterocycles. The van der Waals surface area contributed by atoms with E-state index >= 15 is 0 Å². The summed E-state index contributed by atoms with van der Waals surface area (Å²) in [6, 6.07) is 6.65. The highest BCUT2D eigenvalue weighted by molar-refractivity contribution is 9.10. The van der Waals surface area contributed by atoms with Crippen LogP contribution in [0.1, 0.15) is 13.8 Å². The fourth-order valence-corrected chi connectivity index (χ4v) is 4.12. The van der Waals surface area contributed by atoms with Gasteiger partial charge in [0.1, 0.15) is 4.90 Å². The number of nitrogens with zero attached hydrogens (tertiary/aromatic N) is 2. The van der Waals surface area contributed by atoms with Gasteiger partial charge in [0.05, 0.1) is 17.0 Å². The number of nitriles is 1. The molecule has 1 rings (SSSR count). The Morgan fingerprint density at radius 2 is 2.16 bits per heavy atom. The van der Waals surface area contributed by atoms with Crippen LogP contribution in [0.4, 0.5) is 0 Å². The second kappa shape index (κ2) is 6.71. The lowest BCUT2D eigenvalue weighted by Gasteiger charge is -2.22. The van der Waals surface area contributed by atoms with Crippen LogP contribution < -0.4 is 0 Å². The fraction of sp³-hybridized carbons (Fsp3) is 0.417. The van der Waals surface area contributed by atoms with Crippen LogP contribution in [0.2, 0.25) is 5.02 Å². The highest BCUT2D eigenvalue weighted by atomic mass is 79.9. The van der Waals surface area contributed by atoms with Gasteiger partial charge >= 0.3 is 0 Å². The Bertz CT molecular complexity index is 598. The summed E-state index contributed by atoms with van der Waals surface area (Å²) in [5.74, 6) is -0.371. The third-order valence-electron chi connectivity index (χ3n) is 2.56. The van der Waals surface area contributed by atoms with Gasteiger partial charge in [0.25, 0.3) is 0 Å². The molecule has 4 nitrogen and oxygen atoms in total. The quantitative estimate of drug-likeness (QED) is 0.804. The van der Waals surface area contributed by atoms with E-state index in [1.165, 1.54) is 16.4 Å². The van der Waals surface area contributed by atoms with Crippen LogP contribution in [0.15, 0.2) is 27.6 Å². The van der Waals surface area contributed by atoms with Crippen LogP contribution in [0.5, 0.6) is 0 Å². The Balaban J connectivity index is 3.18. The number of hydrogen-bond donors (Lipinski definition) is 0. The molecule has 104 valence electrons. The van der Waals surface area contributed by atoms with Crippen molar-refractivity contribution in [2.24, 2.45) is 5.92 Å². The van der Waals surface area contributed by atoms with E-state index in [1.54, 1.807) is 19.9 Å². The molecule has 1 aromatic carbocycles. The second-order valence-corrected chi connectivity index (χ2v) is 7.29. The van der Waals surface area contributed by atoms with Crippen molar-refractivity contribution < 1.29 is 8.42 Å². The molecular weight excluding hydrogens is 352 g/mol. The zero-order valence-electron chi connectivity index (χ0n) is 10.6. The monoisotopic (exact) mass is 364 g/mol. The molecule has 0 aromatic heterocycles. The van der Waals surface area contributed by atoms with E-state index < -0.39 is 10.0 Å². The van der Waals surface area contributed by atoms with Crippen molar-refractivity contribution in [2.45, 2.75) is 18.7 Å². The number of hydrogen-bond acceptors (Lipinski definition) is 3. The average molecular weight is 366 g/mol. The van der Waals surface area contributed by atoms with E-state index in [0.29, 0.717) is 11.0 Å². The maximum Gasteiger partial charge on any atom is 0.244 e. The summed E-state index contributed by atoms with van der Waals surface area (Å²) < 4.78 is 26.9. The lowest BCUT2D eigenvalue weighted by atomic mass is 10.2. The van der Waals surface area contributed by atoms with Crippen molar-refractivity contribution in [3.05, 3.63) is 27.7 Å². The van der Waals surface area contributed by atoms with Gasteiger partial charge in [0, 0.05) is 17.6 Å². The molecule has 19 heavy (non-hydrogen) atoms. The van der Waals surface area contributed by atoms with E-state index in [0.717, 1.165) is 0 Å². The maximum absolute atomic E-state index is 12.5. The first-order chi connectivity index (χ1) is 8.82. The molecule has 7 heteroatoms. The minimum Gasteiger partial charge on any atom is -0.207 e. The number of sulfonamides is 1. The van der Waals surface area contributed by atoms with Crippen LogP contribution >= 0.6 is 27.5 Å². The summed E-state index contributed by atoms with van der Waals surface area (Å²) in [5, 5.41) is 8.97. The minimum atomic E-state index is -3.67. The molecule has 0 amide bonds. The topological polar surface area (TPSA) is 61.2 Å². The third kappa shape index (κ3) is 3.93. The Hall–Kier alpha value is -0.610. The largest absolute Gasteiger partial charge is 0.244 e. The summed E-state index contributed by atoms with van der Waals surface area (Å²) in [4.78, 5) is 0.0596. The van der Waals surface area contributed by atoms with Gasteiger partial charge in [0.2, 0.25) is 10.0 Å². The highest BCUT2D eigenvalue weighted by Gasteiger charge is 2.26. The molecule has 0 N–H and O–H groups in total. The van der Waals surface area contributed by atoms with Gasteiger partial charge in [-0.05, 0) is 25.1 Å². The van der Waals surface area contributed by atoms with Crippen LogP contribution in [-0.4, -0.2) is 25.8 Å². The molecule has 0 aliphatic carbocycles. The minimum absolute atomic E-state index is 0.0596. The summed E-state index contributed by atoms with van der Waals surface area (Å²) in [7, 11) is -3.67. The Labute approximate surface area is 127 Å². The zero-order chi connectivity index (χ0) is 14.6. The van der Waals surface area contributed by atoms with Gasteiger partial charge in [-0.15, -0.1) is 0 Å². The van der Waals surface area contributed by atoms with E-state index in [-0.39, 0.29) is 22.4 Å². The van der Waals surface area contributed by atoms with Gasteiger partial charge in [-0.2, -0.15) is 9.57 Å². The Morgan fingerprint density at radius 3 is 2.63 bits per heavy atom. The normalized spacial score (nSPS) is 13.3. The average Bonchev–Trinajstić information content (AvgIpc) is 2.34. The molecule has 0 spiro atoms. The van der Waals surface area contributed by atoms with Crippen molar-refractivity contribution in [3.63, 3.8) is 0 Å². The summed E-state index contributed by atoms with van der Waals surface area (Å²) in [5.41, 5.74) is 0. The van der Waals surface area contributed by atoms with Crippen molar-refractivity contribution >= 4 is 37.6 Å². The summed E-state index contributed by atoms with van der Waals surface area (Å²) >= 11 is 9.22. The van der Waals surface area contributed by atoms with E-state index in [9.17, 15) is 8.42 Å². The number of halogens is 2. The first-order valence-electron chi connectivity index (χ1n) is 5.67. The standard InChI is InChI=1S/C12H14BrClN2O2S/c1-3-16(8-9(2)7-15)19(17,18)12-5-4-10(13)6-11(12)14/h4-6,9H,3,8H2,1-2H3. The molecule has 1 atom stereocenters. The molecular formula is C12H14BrClN2O2S. The molecule has 0 radical (unpaired) electrons. The maximum atomic E-state index is 12.5. The fourth-order valence-electron chi connectivity index (χ4n) is 1.57. The molecule has 0 saturated heterocycles. The predicted octanol–water partition coefficient (Wildman–Crippen LogP) is 3.27. The van der Waals surface area contributed by atoms with Crippen LogP contribution in [-0.2, 0) is 10.0 Å². The molecule has 0 fully saturated rings. The van der Waals surface area contributed by atoms with Crippen LogP contribution in [0.3, 0.4) is 0 Å². The molecule has 0 saturated carbocycles. The third-order valence-corrected chi connectivity index (χ3v) is 5.48. The van der Waals surface area contributed by atoms with E-state index in [1.807, 2.05) is 6.07 Å². The number of benzene rings is 1. The van der Waals surface area contributed by atoms with E-state index in [2.05, 4.69) is 15.9 Å². The first kappa shape index (κ1) is 16.4. The van der Waals surface area contributed by atoms with Crippen molar-refractivity contribution in [2.75, 3.05) is 13.1 Å². The Kier molecular flexibility index (Phi) is 5.81.